The molecule has 0 bridgehead atoms. The lowest BCUT2D eigenvalue weighted by molar-refractivity contribution is -0.143. The van der Waals surface area contributed by atoms with Crippen molar-refractivity contribution in [2.24, 2.45) is 22.2 Å². The molecule has 6 amide bonds. The van der Waals surface area contributed by atoms with Crippen LogP contribution in [0.15, 0.2) is 120 Å². The maximum Gasteiger partial charge on any atom is 0.326 e. The van der Waals surface area contributed by atoms with Gasteiger partial charge in [-0.05, 0) is 72.6 Å². The zero-order valence-corrected chi connectivity index (χ0v) is 39.1. The van der Waals surface area contributed by atoms with Gasteiger partial charge in [0.2, 0.25) is 35.4 Å². The number of phenolic OH excluding ortho intramolecular Hbond substituents is 1. The lowest BCUT2D eigenvalue weighted by Gasteiger charge is -2.30. The Morgan fingerprint density at radius 1 is 0.690 bits per heavy atom. The summed E-state index contributed by atoms with van der Waals surface area (Å²) in [7, 11) is 0. The number of aromatic hydroxyl groups is 1. The molecule has 6 atom stereocenters. The summed E-state index contributed by atoms with van der Waals surface area (Å²) in [4.78, 5) is 104. The molecular weight excluding hydrogens is 911 g/mol. The van der Waals surface area contributed by atoms with Gasteiger partial charge in [0.25, 0.3) is 0 Å². The van der Waals surface area contributed by atoms with Crippen molar-refractivity contribution in [1.82, 2.24) is 36.5 Å². The molecule has 1 aliphatic rings. The maximum atomic E-state index is 14.7. The quantitative estimate of drug-likeness (QED) is 0.0231. The monoisotopic (exact) mass is 971 g/mol. The zero-order valence-electron chi connectivity index (χ0n) is 39.1. The number of aliphatic carboxylic acids is 1. The number of carboxylic acids is 1. The molecule has 0 radical (unpaired) electrons. The maximum absolute atomic E-state index is 14.7. The number of aromatic amines is 1. The predicted octanol–water partition coefficient (Wildman–Crippen LogP) is 0.656. The molecule has 6 rings (SSSR count). The van der Waals surface area contributed by atoms with Crippen LogP contribution in [0.3, 0.4) is 0 Å². The summed E-state index contributed by atoms with van der Waals surface area (Å²) in [5.41, 5.74) is 20.6. The van der Waals surface area contributed by atoms with E-state index in [1.54, 1.807) is 48.7 Å². The Morgan fingerprint density at radius 2 is 1.27 bits per heavy atom. The molecule has 1 aliphatic heterocycles. The SMILES string of the molecule is NC(N)=NCCC[C@H](NC(=O)CNC(=O)[C@@H]1CCCN1C(=O)[C@H](Cc1ccccc1)NC(=O)[C@H](Cc1ccc(O)cc1)NC(=O)[C@H](Cc1c[nH]c2ccccc12)NC(=O)[C@@H](N)Cc1ccccc1)C(=O)O. The van der Waals surface area contributed by atoms with Gasteiger partial charge in [-0.1, -0.05) is 91.0 Å². The molecule has 0 aliphatic carbocycles. The molecule has 14 N–H and O–H groups in total. The molecule has 374 valence electrons. The number of likely N-dealkylation sites (tertiary alicyclic amines) is 1. The molecule has 1 aromatic heterocycles. The van der Waals surface area contributed by atoms with E-state index in [-0.39, 0.29) is 69.7 Å². The predicted molar refractivity (Wildman–Crippen MR) is 265 cm³/mol. The largest absolute Gasteiger partial charge is 0.508 e. The number of nitrogens with two attached hydrogens (primary N) is 3. The van der Waals surface area contributed by atoms with Crippen LogP contribution < -0.4 is 43.8 Å². The summed E-state index contributed by atoms with van der Waals surface area (Å²) >= 11 is 0. The second kappa shape index (κ2) is 25.4. The van der Waals surface area contributed by atoms with Crippen LogP contribution in [0.25, 0.3) is 10.9 Å². The topological polar surface area (TPSA) is 330 Å². The number of carbonyl (C=O) groups excluding carboxylic acids is 6. The summed E-state index contributed by atoms with van der Waals surface area (Å²) in [5.74, 6) is -5.52. The van der Waals surface area contributed by atoms with E-state index in [9.17, 15) is 43.8 Å². The van der Waals surface area contributed by atoms with Gasteiger partial charge in [-0.2, -0.15) is 0 Å². The van der Waals surface area contributed by atoms with E-state index in [2.05, 4.69) is 36.6 Å². The van der Waals surface area contributed by atoms with Crippen molar-refractivity contribution >= 4 is 58.3 Å². The second-order valence-electron chi connectivity index (χ2n) is 17.4. The van der Waals surface area contributed by atoms with Gasteiger partial charge in [0.15, 0.2) is 5.96 Å². The number of para-hydroxylation sites is 1. The van der Waals surface area contributed by atoms with E-state index in [0.717, 1.165) is 22.0 Å². The summed E-state index contributed by atoms with van der Waals surface area (Å²) < 4.78 is 0. The fraction of sp³-hybridized carbons (Fsp3) is 0.333. The highest BCUT2D eigenvalue weighted by Gasteiger charge is 2.39. The molecule has 4 aromatic carbocycles. The number of carboxylic acid groups (broad SMARTS) is 1. The number of guanidine groups is 1. The van der Waals surface area contributed by atoms with Gasteiger partial charge in [0.1, 0.15) is 36.0 Å². The van der Waals surface area contributed by atoms with E-state index in [1.165, 1.54) is 17.0 Å². The van der Waals surface area contributed by atoms with E-state index < -0.39 is 84.2 Å². The molecule has 0 spiro atoms. The summed E-state index contributed by atoms with van der Waals surface area (Å²) in [6, 6.07) is 24.5. The number of H-pyrrole nitrogens is 1. The van der Waals surface area contributed by atoms with Crippen LogP contribution >= 0.6 is 0 Å². The van der Waals surface area contributed by atoms with Crippen molar-refractivity contribution in [1.29, 1.82) is 0 Å². The van der Waals surface area contributed by atoms with Crippen molar-refractivity contribution in [3.05, 3.63) is 138 Å². The third-order valence-corrected chi connectivity index (χ3v) is 12.1. The highest BCUT2D eigenvalue weighted by atomic mass is 16.4. The number of aromatic nitrogens is 1. The first-order valence-corrected chi connectivity index (χ1v) is 23.4. The second-order valence-corrected chi connectivity index (χ2v) is 17.4. The first-order valence-electron chi connectivity index (χ1n) is 23.4. The van der Waals surface area contributed by atoms with Crippen molar-refractivity contribution < 1.29 is 43.8 Å². The average molecular weight is 972 g/mol. The fourth-order valence-electron chi connectivity index (χ4n) is 8.44. The molecule has 20 heteroatoms. The van der Waals surface area contributed by atoms with E-state index >= 15 is 0 Å². The van der Waals surface area contributed by atoms with Crippen molar-refractivity contribution in [2.45, 2.75) is 87.6 Å². The van der Waals surface area contributed by atoms with Gasteiger partial charge in [-0.15, -0.1) is 0 Å². The first kappa shape index (κ1) is 52.1. The third kappa shape index (κ3) is 15.4. The van der Waals surface area contributed by atoms with Gasteiger partial charge in [-0.3, -0.25) is 33.8 Å². The van der Waals surface area contributed by atoms with E-state index in [1.807, 2.05) is 54.6 Å². The van der Waals surface area contributed by atoms with Crippen LogP contribution in [0.4, 0.5) is 0 Å². The first-order chi connectivity index (χ1) is 34.1. The number of fused-ring (bicyclic) bond motifs is 1. The van der Waals surface area contributed by atoms with Gasteiger partial charge in [0, 0.05) is 49.5 Å². The van der Waals surface area contributed by atoms with Crippen LogP contribution in [0.2, 0.25) is 0 Å². The molecule has 71 heavy (non-hydrogen) atoms. The minimum absolute atomic E-state index is 0.00313. The molecule has 2 heterocycles. The Balaban J connectivity index is 1.21. The molecular formula is C51H61N11O9. The lowest BCUT2D eigenvalue weighted by atomic mass is 10.00. The minimum Gasteiger partial charge on any atom is -0.508 e. The van der Waals surface area contributed by atoms with E-state index in [0.29, 0.717) is 17.5 Å². The third-order valence-electron chi connectivity index (χ3n) is 12.1. The average Bonchev–Trinajstić information content (AvgIpc) is 4.02. The van der Waals surface area contributed by atoms with Crippen LogP contribution in [0.5, 0.6) is 5.75 Å². The Hall–Kier alpha value is -8.26. The Labute approximate surface area is 410 Å². The number of phenols is 1. The minimum atomic E-state index is -1.34. The van der Waals surface area contributed by atoms with Crippen LogP contribution in [0.1, 0.15) is 47.9 Å². The highest BCUT2D eigenvalue weighted by Crippen LogP contribution is 2.22. The van der Waals surface area contributed by atoms with Gasteiger partial charge >= 0.3 is 5.97 Å². The Morgan fingerprint density at radius 3 is 1.93 bits per heavy atom. The molecule has 20 nitrogen and oxygen atoms in total. The van der Waals surface area contributed by atoms with E-state index in [4.69, 9.17) is 17.2 Å². The number of hydrogen-bond acceptors (Lipinski definition) is 10. The number of benzene rings is 4. The zero-order chi connectivity index (χ0) is 50.9. The molecule has 1 saturated heterocycles. The number of nitrogens with one attached hydrogen (secondary N) is 6. The fourth-order valence-corrected chi connectivity index (χ4v) is 8.44. The smallest absolute Gasteiger partial charge is 0.326 e. The van der Waals surface area contributed by atoms with Gasteiger partial charge in [0.05, 0.1) is 12.6 Å². The lowest BCUT2D eigenvalue weighted by Crippen LogP contribution is -2.60. The number of hydrogen-bond donors (Lipinski definition) is 11. The van der Waals surface area contributed by atoms with Gasteiger partial charge < -0.3 is 63.9 Å². The molecule has 0 unspecified atom stereocenters. The molecule has 0 saturated carbocycles. The number of carbonyl (C=O) groups is 7. The van der Waals surface area contributed by atoms with Crippen LogP contribution in [0, 0.1) is 0 Å². The summed E-state index contributed by atoms with van der Waals surface area (Å²) in [6.45, 7) is -0.267. The van der Waals surface area contributed by atoms with Crippen molar-refractivity contribution in [3.63, 3.8) is 0 Å². The highest BCUT2D eigenvalue weighted by molar-refractivity contribution is 5.97. The molecule has 1 fully saturated rings. The number of nitrogens with zero attached hydrogens (tertiary/aromatic N) is 2. The Bertz CT molecular complexity index is 2660. The summed E-state index contributed by atoms with van der Waals surface area (Å²) in [6.07, 6.45) is 2.82. The number of amides is 6. The Kier molecular flexibility index (Phi) is 18.6. The normalized spacial score (nSPS) is 15.3. The number of aliphatic imine (C=N–C) groups is 1. The van der Waals surface area contributed by atoms with Crippen LogP contribution in [-0.4, -0.2) is 123 Å². The van der Waals surface area contributed by atoms with Crippen molar-refractivity contribution in [3.8, 4) is 5.75 Å². The standard InChI is InChI=1S/C51H61N11O9/c52-37(25-31-11-3-1-4-12-31)45(65)59-41(28-34-29-56-38-16-8-7-15-36(34)38)47(67)60-40(26-33-19-21-35(63)22-20-33)46(66)61-42(27-32-13-5-2-6-14-32)49(69)62-24-10-18-43(62)48(68)57-30-44(64)58-39(50(70)71)17-9-23-55-51(53)54/h1-8,11-16,19-22,29,37,39-43,56,63H,9-10,17-18,23-28,30,52H2,(H,57,68)(H,58,64)(H,59,65)(H,60,67)(H,61,66)(H,70,71)(H4,53,54,55)/t37-,39-,40-,41-,42-,43-/m0/s1. The number of rotatable bonds is 24. The van der Waals surface area contributed by atoms with Gasteiger partial charge in [-0.25, -0.2) is 4.79 Å². The van der Waals surface area contributed by atoms with Crippen LogP contribution in [-0.2, 0) is 59.2 Å². The van der Waals surface area contributed by atoms with Crippen molar-refractivity contribution in [2.75, 3.05) is 19.6 Å². The summed E-state index contributed by atoms with van der Waals surface area (Å²) in [5, 5.41) is 34.0. The molecule has 5 aromatic rings.